The Labute approximate surface area is 103 Å². The normalized spacial score (nSPS) is 20.2. The second-order valence-electron chi connectivity index (χ2n) is 3.79. The van der Waals surface area contributed by atoms with Gasteiger partial charge < -0.3 is 14.7 Å². The Morgan fingerprint density at radius 3 is 3.06 bits per heavy atom. The summed E-state index contributed by atoms with van der Waals surface area (Å²) in [6, 6.07) is 3.80. The van der Waals surface area contributed by atoms with Crippen LogP contribution in [0.15, 0.2) is 17.5 Å². The summed E-state index contributed by atoms with van der Waals surface area (Å²) < 4.78 is 5.06. The second-order valence-corrected chi connectivity index (χ2v) is 4.83. The van der Waals surface area contributed by atoms with Crippen molar-refractivity contribution >= 4 is 23.2 Å². The van der Waals surface area contributed by atoms with Crippen LogP contribution in [-0.4, -0.2) is 47.7 Å². The zero-order valence-electron chi connectivity index (χ0n) is 9.17. The van der Waals surface area contributed by atoms with Crippen LogP contribution < -0.4 is 0 Å². The molecule has 0 bridgehead atoms. The molecule has 1 aliphatic rings. The lowest BCUT2D eigenvalue weighted by Gasteiger charge is -2.30. The minimum absolute atomic E-state index is 0.0398. The van der Waals surface area contributed by atoms with E-state index in [4.69, 9.17) is 9.84 Å². The smallest absolute Gasteiger partial charge is 0.334 e. The quantitative estimate of drug-likeness (QED) is 0.859. The summed E-state index contributed by atoms with van der Waals surface area (Å²) in [7, 11) is 0. The molecule has 5 nitrogen and oxygen atoms in total. The molecule has 1 fully saturated rings. The van der Waals surface area contributed by atoms with Crippen molar-refractivity contribution in [2.45, 2.75) is 12.5 Å². The van der Waals surface area contributed by atoms with E-state index in [-0.39, 0.29) is 19.1 Å². The topological polar surface area (TPSA) is 66.8 Å². The predicted octanol–water partition coefficient (Wildman–Crippen LogP) is 0.603. The van der Waals surface area contributed by atoms with Crippen molar-refractivity contribution < 1.29 is 19.4 Å². The Morgan fingerprint density at radius 2 is 2.41 bits per heavy atom. The molecule has 2 rings (SSSR count). The van der Waals surface area contributed by atoms with Gasteiger partial charge >= 0.3 is 5.97 Å². The highest BCUT2D eigenvalue weighted by atomic mass is 32.1. The molecular formula is C11H13NO4S. The number of carbonyl (C=O) groups is 2. The van der Waals surface area contributed by atoms with Crippen molar-refractivity contribution in [3.63, 3.8) is 0 Å². The summed E-state index contributed by atoms with van der Waals surface area (Å²) in [4.78, 5) is 25.2. The first-order valence-electron chi connectivity index (χ1n) is 5.31. The molecule has 17 heavy (non-hydrogen) atoms. The Balaban J connectivity index is 1.93. The average molecular weight is 255 g/mol. The molecule has 0 spiro atoms. The lowest BCUT2D eigenvalue weighted by Crippen LogP contribution is -2.48. The van der Waals surface area contributed by atoms with Crippen LogP contribution in [0, 0.1) is 0 Å². The molecule has 0 unspecified atom stereocenters. The number of hydrogen-bond donors (Lipinski definition) is 1. The summed E-state index contributed by atoms with van der Waals surface area (Å²) in [5.74, 6) is -1.05. The molecule has 1 N–H and O–H groups in total. The van der Waals surface area contributed by atoms with Gasteiger partial charge in [-0.1, -0.05) is 6.07 Å². The molecule has 0 aromatic carbocycles. The van der Waals surface area contributed by atoms with Gasteiger partial charge in [0.05, 0.1) is 19.6 Å². The van der Waals surface area contributed by atoms with Gasteiger partial charge in [0.15, 0.2) is 6.10 Å². The molecule has 0 radical (unpaired) electrons. The van der Waals surface area contributed by atoms with E-state index in [9.17, 15) is 9.59 Å². The lowest BCUT2D eigenvalue weighted by atomic mass is 10.2. The van der Waals surface area contributed by atoms with Crippen LogP contribution in [0.4, 0.5) is 0 Å². The molecule has 1 atom stereocenters. The maximum atomic E-state index is 11.9. The van der Waals surface area contributed by atoms with Crippen LogP contribution in [0.5, 0.6) is 0 Å². The fraction of sp³-hybridized carbons (Fsp3) is 0.455. The van der Waals surface area contributed by atoms with Crippen molar-refractivity contribution in [1.82, 2.24) is 4.90 Å². The van der Waals surface area contributed by atoms with Crippen LogP contribution >= 0.6 is 11.3 Å². The van der Waals surface area contributed by atoms with E-state index in [1.54, 1.807) is 4.90 Å². The Bertz CT molecular complexity index is 404. The molecule has 0 saturated carbocycles. The number of amides is 1. The first-order valence-corrected chi connectivity index (χ1v) is 6.19. The Kier molecular flexibility index (Phi) is 3.75. The van der Waals surface area contributed by atoms with Gasteiger partial charge in [-0.15, -0.1) is 11.3 Å². The number of carboxylic acids is 1. The summed E-state index contributed by atoms with van der Waals surface area (Å²) in [6.45, 7) is 0.890. The van der Waals surface area contributed by atoms with E-state index in [1.807, 2.05) is 17.5 Å². The SMILES string of the molecule is O=C(O)[C@H]1CN(C(=O)Cc2cccs2)CCO1. The van der Waals surface area contributed by atoms with Crippen molar-refractivity contribution in [2.75, 3.05) is 19.7 Å². The van der Waals surface area contributed by atoms with Gasteiger partial charge in [0.1, 0.15) is 0 Å². The van der Waals surface area contributed by atoms with Crippen molar-refractivity contribution in [3.05, 3.63) is 22.4 Å². The fourth-order valence-electron chi connectivity index (χ4n) is 1.70. The number of aliphatic carboxylic acids is 1. The van der Waals surface area contributed by atoms with Crippen molar-refractivity contribution in [1.29, 1.82) is 0 Å². The third kappa shape index (κ3) is 3.04. The van der Waals surface area contributed by atoms with E-state index >= 15 is 0 Å². The highest BCUT2D eigenvalue weighted by Gasteiger charge is 2.28. The van der Waals surface area contributed by atoms with Crippen LogP contribution in [-0.2, 0) is 20.7 Å². The van der Waals surface area contributed by atoms with Gasteiger partial charge in [0.25, 0.3) is 0 Å². The maximum Gasteiger partial charge on any atom is 0.334 e. The van der Waals surface area contributed by atoms with Gasteiger partial charge in [-0.2, -0.15) is 0 Å². The first-order chi connectivity index (χ1) is 8.16. The number of rotatable bonds is 3. The molecule has 1 amide bonds. The summed E-state index contributed by atoms with van der Waals surface area (Å²) in [6.07, 6.45) is -0.555. The minimum atomic E-state index is -1.02. The van der Waals surface area contributed by atoms with Gasteiger partial charge in [-0.25, -0.2) is 4.79 Å². The van der Waals surface area contributed by atoms with Gasteiger partial charge in [-0.3, -0.25) is 4.79 Å². The number of thiophene rings is 1. The maximum absolute atomic E-state index is 11.9. The fourth-order valence-corrected chi connectivity index (χ4v) is 2.40. The molecule has 92 valence electrons. The van der Waals surface area contributed by atoms with E-state index in [2.05, 4.69) is 0 Å². The van der Waals surface area contributed by atoms with E-state index in [1.165, 1.54) is 11.3 Å². The van der Waals surface area contributed by atoms with E-state index in [0.717, 1.165) is 4.88 Å². The van der Waals surface area contributed by atoms with Crippen LogP contribution in [0.3, 0.4) is 0 Å². The number of nitrogens with zero attached hydrogens (tertiary/aromatic N) is 1. The highest BCUT2D eigenvalue weighted by Crippen LogP contribution is 2.13. The van der Waals surface area contributed by atoms with Gasteiger partial charge in [-0.05, 0) is 11.4 Å². The molecule has 1 aromatic heterocycles. The zero-order valence-corrected chi connectivity index (χ0v) is 9.98. The van der Waals surface area contributed by atoms with Crippen molar-refractivity contribution in [3.8, 4) is 0 Å². The van der Waals surface area contributed by atoms with Crippen LogP contribution in [0.2, 0.25) is 0 Å². The number of carbonyl (C=O) groups excluding carboxylic acids is 1. The number of hydrogen-bond acceptors (Lipinski definition) is 4. The minimum Gasteiger partial charge on any atom is -0.479 e. The Hall–Kier alpha value is -1.40. The number of morpholine rings is 1. The molecule has 6 heteroatoms. The zero-order chi connectivity index (χ0) is 12.3. The molecular weight excluding hydrogens is 242 g/mol. The largest absolute Gasteiger partial charge is 0.479 e. The molecule has 1 aromatic rings. The van der Waals surface area contributed by atoms with E-state index < -0.39 is 12.1 Å². The van der Waals surface area contributed by atoms with Crippen molar-refractivity contribution in [2.24, 2.45) is 0 Å². The molecule has 1 aliphatic heterocycles. The van der Waals surface area contributed by atoms with Gasteiger partial charge in [0, 0.05) is 11.4 Å². The predicted molar refractivity (Wildman–Crippen MR) is 62.0 cm³/mol. The first kappa shape index (κ1) is 12.1. The van der Waals surface area contributed by atoms with Crippen LogP contribution in [0.1, 0.15) is 4.88 Å². The highest BCUT2D eigenvalue weighted by molar-refractivity contribution is 7.10. The number of carboxylic acid groups (broad SMARTS) is 1. The summed E-state index contributed by atoms with van der Waals surface area (Å²) in [5, 5.41) is 10.8. The average Bonchev–Trinajstić information content (AvgIpc) is 2.82. The standard InChI is InChI=1S/C11H13NO4S/c13-10(6-8-2-1-5-17-8)12-3-4-16-9(7-12)11(14)15/h1-2,5,9H,3-4,6-7H2,(H,14,15)/t9-/m1/s1. The lowest BCUT2D eigenvalue weighted by molar-refractivity contribution is -0.159. The monoisotopic (exact) mass is 255 g/mol. The van der Waals surface area contributed by atoms with Gasteiger partial charge in [0.2, 0.25) is 5.91 Å². The number of ether oxygens (including phenoxy) is 1. The second kappa shape index (κ2) is 5.29. The molecule has 1 saturated heterocycles. The third-order valence-electron chi connectivity index (χ3n) is 2.60. The summed E-state index contributed by atoms with van der Waals surface area (Å²) in [5.41, 5.74) is 0. The Morgan fingerprint density at radius 1 is 1.59 bits per heavy atom. The van der Waals surface area contributed by atoms with Crippen LogP contribution in [0.25, 0.3) is 0 Å². The summed E-state index contributed by atoms with van der Waals surface area (Å²) >= 11 is 1.53. The molecule has 0 aliphatic carbocycles. The third-order valence-corrected chi connectivity index (χ3v) is 3.48. The van der Waals surface area contributed by atoms with E-state index in [0.29, 0.717) is 13.0 Å². The molecule has 2 heterocycles.